The Morgan fingerprint density at radius 1 is 1.35 bits per heavy atom. The second-order valence-electron chi connectivity index (χ2n) is 5.40. The summed E-state index contributed by atoms with van der Waals surface area (Å²) in [6, 6.07) is 8.53. The highest BCUT2D eigenvalue weighted by molar-refractivity contribution is 7.98. The third-order valence-corrected chi connectivity index (χ3v) is 5.42. The van der Waals surface area contributed by atoms with Crippen molar-refractivity contribution in [1.82, 2.24) is 4.90 Å². The predicted molar refractivity (Wildman–Crippen MR) is 93.3 cm³/mol. The van der Waals surface area contributed by atoms with Crippen molar-refractivity contribution in [1.29, 1.82) is 0 Å². The summed E-state index contributed by atoms with van der Waals surface area (Å²) < 4.78 is 0. The van der Waals surface area contributed by atoms with E-state index in [9.17, 15) is 14.7 Å². The fraction of sp³-hybridized carbons (Fsp3) is 0.294. The van der Waals surface area contributed by atoms with E-state index in [4.69, 9.17) is 0 Å². The zero-order chi connectivity index (χ0) is 16.4. The number of carboxylic acids is 1. The van der Waals surface area contributed by atoms with Gasteiger partial charge in [0.25, 0.3) is 5.91 Å². The SMILES string of the molecule is CSCCN1C(=O)c2ccccc2[C@H](C(=O)O)[C@@H]1c1ccsc1. The lowest BCUT2D eigenvalue weighted by molar-refractivity contribution is -0.140. The van der Waals surface area contributed by atoms with E-state index in [0.717, 1.165) is 11.3 Å². The quantitative estimate of drug-likeness (QED) is 0.900. The molecule has 0 saturated heterocycles. The number of hydrogen-bond donors (Lipinski definition) is 1. The van der Waals surface area contributed by atoms with Crippen molar-refractivity contribution < 1.29 is 14.7 Å². The number of carbonyl (C=O) groups is 2. The van der Waals surface area contributed by atoms with E-state index in [1.165, 1.54) is 11.3 Å². The minimum atomic E-state index is -0.893. The Hall–Kier alpha value is -1.79. The molecule has 1 aromatic heterocycles. The van der Waals surface area contributed by atoms with Crippen LogP contribution in [0.5, 0.6) is 0 Å². The van der Waals surface area contributed by atoms with Crippen LogP contribution in [0, 0.1) is 0 Å². The topological polar surface area (TPSA) is 57.6 Å². The van der Waals surface area contributed by atoms with E-state index in [1.807, 2.05) is 23.1 Å². The van der Waals surface area contributed by atoms with E-state index >= 15 is 0 Å². The number of thioether (sulfide) groups is 1. The van der Waals surface area contributed by atoms with Gasteiger partial charge in [-0.3, -0.25) is 9.59 Å². The zero-order valence-corrected chi connectivity index (χ0v) is 14.3. The van der Waals surface area contributed by atoms with Crippen molar-refractivity contribution in [3.05, 3.63) is 57.8 Å². The molecule has 1 amide bonds. The van der Waals surface area contributed by atoms with Crippen molar-refractivity contribution in [3.8, 4) is 0 Å². The van der Waals surface area contributed by atoms with Crippen molar-refractivity contribution in [3.63, 3.8) is 0 Å². The molecule has 6 heteroatoms. The minimum absolute atomic E-state index is 0.0802. The first-order chi connectivity index (χ1) is 11.1. The lowest BCUT2D eigenvalue weighted by atomic mass is 9.80. The third kappa shape index (κ3) is 2.88. The minimum Gasteiger partial charge on any atom is -0.481 e. The second kappa shape index (κ2) is 6.76. The van der Waals surface area contributed by atoms with Crippen molar-refractivity contribution in [2.45, 2.75) is 12.0 Å². The van der Waals surface area contributed by atoms with Crippen LogP contribution in [-0.4, -0.2) is 40.4 Å². The summed E-state index contributed by atoms with van der Waals surface area (Å²) in [7, 11) is 0. The standard InChI is InChI=1S/C17H17NO3S2/c1-22-9-7-18-15(11-6-8-23-10-11)14(17(20)21)12-4-2-3-5-13(12)16(18)19/h2-6,8,10,14-15H,7,9H2,1H3,(H,20,21)/t14-,15-/m0/s1. The Bertz CT molecular complexity index is 714. The molecule has 1 aliphatic heterocycles. The summed E-state index contributed by atoms with van der Waals surface area (Å²) >= 11 is 3.17. The summed E-state index contributed by atoms with van der Waals surface area (Å²) in [5, 5.41) is 13.7. The molecule has 3 rings (SSSR count). The van der Waals surface area contributed by atoms with Gasteiger partial charge in [-0.15, -0.1) is 0 Å². The van der Waals surface area contributed by atoms with Crippen molar-refractivity contribution in [2.24, 2.45) is 0 Å². The van der Waals surface area contributed by atoms with Crippen LogP contribution < -0.4 is 0 Å². The van der Waals surface area contributed by atoms with E-state index in [-0.39, 0.29) is 5.91 Å². The maximum absolute atomic E-state index is 12.9. The molecule has 4 nitrogen and oxygen atoms in total. The summed E-state index contributed by atoms with van der Waals surface area (Å²) in [5.41, 5.74) is 2.01. The van der Waals surface area contributed by atoms with Crippen molar-refractivity contribution in [2.75, 3.05) is 18.6 Å². The molecular formula is C17H17NO3S2. The lowest BCUT2D eigenvalue weighted by Crippen LogP contribution is -2.45. The van der Waals surface area contributed by atoms with Gasteiger partial charge < -0.3 is 10.0 Å². The first-order valence-electron chi connectivity index (χ1n) is 7.29. The average Bonchev–Trinajstić information content (AvgIpc) is 3.07. The molecule has 1 aromatic carbocycles. The second-order valence-corrected chi connectivity index (χ2v) is 7.16. The Morgan fingerprint density at radius 3 is 2.78 bits per heavy atom. The molecule has 0 fully saturated rings. The Balaban J connectivity index is 2.15. The Morgan fingerprint density at radius 2 is 2.13 bits per heavy atom. The van der Waals surface area contributed by atoms with Crippen LogP contribution >= 0.6 is 23.1 Å². The number of amides is 1. The molecule has 0 unspecified atom stereocenters. The number of carboxylic acid groups (broad SMARTS) is 1. The number of nitrogens with zero attached hydrogens (tertiary/aromatic N) is 1. The van der Waals surface area contributed by atoms with Gasteiger partial charge in [-0.05, 0) is 40.3 Å². The number of fused-ring (bicyclic) bond motifs is 1. The highest BCUT2D eigenvalue weighted by Gasteiger charge is 2.44. The normalized spacial score (nSPS) is 20.4. The van der Waals surface area contributed by atoms with Crippen LogP contribution in [0.3, 0.4) is 0 Å². The third-order valence-electron chi connectivity index (χ3n) is 4.13. The maximum atomic E-state index is 12.9. The number of hydrogen-bond acceptors (Lipinski definition) is 4. The summed E-state index contributed by atoms with van der Waals surface area (Å²) in [5.74, 6) is -0.931. The van der Waals surface area contributed by atoms with Crippen molar-refractivity contribution >= 4 is 35.0 Å². The lowest BCUT2D eigenvalue weighted by Gasteiger charge is -2.40. The molecule has 23 heavy (non-hydrogen) atoms. The monoisotopic (exact) mass is 347 g/mol. The first kappa shape index (κ1) is 16.1. The zero-order valence-electron chi connectivity index (χ0n) is 12.6. The summed E-state index contributed by atoms with van der Waals surface area (Å²) in [6.45, 7) is 0.540. The molecule has 2 aromatic rings. The van der Waals surface area contributed by atoms with Gasteiger partial charge in [0.05, 0.1) is 6.04 Å². The van der Waals surface area contributed by atoms with E-state index in [1.54, 1.807) is 40.9 Å². The van der Waals surface area contributed by atoms with Crippen LogP contribution in [0.4, 0.5) is 0 Å². The summed E-state index contributed by atoms with van der Waals surface area (Å²) in [4.78, 5) is 26.7. The maximum Gasteiger partial charge on any atom is 0.313 e. The molecule has 0 aliphatic carbocycles. The van der Waals surface area contributed by atoms with Crippen LogP contribution in [0.25, 0.3) is 0 Å². The molecule has 1 aliphatic rings. The van der Waals surface area contributed by atoms with Gasteiger partial charge in [-0.2, -0.15) is 23.1 Å². The molecule has 1 N–H and O–H groups in total. The molecule has 0 bridgehead atoms. The number of benzene rings is 1. The average molecular weight is 347 g/mol. The highest BCUT2D eigenvalue weighted by atomic mass is 32.2. The Labute approximate surface area is 143 Å². The molecule has 2 heterocycles. The smallest absolute Gasteiger partial charge is 0.313 e. The molecule has 2 atom stereocenters. The van der Waals surface area contributed by atoms with Crippen LogP contribution in [0.1, 0.15) is 33.4 Å². The van der Waals surface area contributed by atoms with Crippen LogP contribution in [0.15, 0.2) is 41.1 Å². The fourth-order valence-corrected chi connectivity index (χ4v) is 4.18. The summed E-state index contributed by atoms with van der Waals surface area (Å²) in [6.07, 6.45) is 1.98. The predicted octanol–water partition coefficient (Wildman–Crippen LogP) is 3.48. The van der Waals surface area contributed by atoms with Crippen LogP contribution in [-0.2, 0) is 4.79 Å². The molecule has 0 radical (unpaired) electrons. The Kier molecular flexibility index (Phi) is 4.73. The fourth-order valence-electron chi connectivity index (χ4n) is 3.11. The first-order valence-corrected chi connectivity index (χ1v) is 9.62. The van der Waals surface area contributed by atoms with E-state index in [2.05, 4.69) is 0 Å². The molecular weight excluding hydrogens is 330 g/mol. The van der Waals surface area contributed by atoms with Gasteiger partial charge >= 0.3 is 5.97 Å². The van der Waals surface area contributed by atoms with Gasteiger partial charge in [-0.25, -0.2) is 0 Å². The number of aliphatic carboxylic acids is 1. The number of thiophene rings is 1. The van der Waals surface area contributed by atoms with Gasteiger partial charge in [0.1, 0.15) is 5.92 Å². The molecule has 120 valence electrons. The highest BCUT2D eigenvalue weighted by Crippen LogP contribution is 2.43. The van der Waals surface area contributed by atoms with E-state index in [0.29, 0.717) is 17.7 Å². The molecule has 0 spiro atoms. The molecule has 0 saturated carbocycles. The number of carbonyl (C=O) groups excluding carboxylic acids is 1. The van der Waals surface area contributed by atoms with Gasteiger partial charge in [-0.1, -0.05) is 18.2 Å². The van der Waals surface area contributed by atoms with E-state index < -0.39 is 17.9 Å². The van der Waals surface area contributed by atoms with Gasteiger partial charge in [0.2, 0.25) is 0 Å². The van der Waals surface area contributed by atoms with Gasteiger partial charge in [0, 0.05) is 17.9 Å². The van der Waals surface area contributed by atoms with Gasteiger partial charge in [0.15, 0.2) is 0 Å². The number of rotatable bonds is 5. The van der Waals surface area contributed by atoms with Crippen LogP contribution in [0.2, 0.25) is 0 Å². The largest absolute Gasteiger partial charge is 0.481 e.